The molecule has 3 aromatic rings. The number of aromatic amines is 1. The lowest BCUT2D eigenvalue weighted by Crippen LogP contribution is -2.05. The van der Waals surface area contributed by atoms with Gasteiger partial charge >= 0.3 is 5.97 Å². The summed E-state index contributed by atoms with van der Waals surface area (Å²) in [6.45, 7) is 2.09. The minimum Gasteiger partial charge on any atom is -0.496 e. The van der Waals surface area contributed by atoms with Crippen molar-refractivity contribution >= 4 is 40.1 Å². The second-order valence-electron chi connectivity index (χ2n) is 5.17. The summed E-state index contributed by atoms with van der Waals surface area (Å²) in [7, 11) is 1.56. The molecule has 0 aliphatic carbocycles. The lowest BCUT2D eigenvalue weighted by Gasteiger charge is -2.09. The molecule has 2 aromatic carbocycles. The summed E-state index contributed by atoms with van der Waals surface area (Å²) in [5.41, 5.74) is 2.99. The van der Waals surface area contributed by atoms with Crippen LogP contribution in [0.15, 0.2) is 36.4 Å². The van der Waals surface area contributed by atoms with Crippen LogP contribution in [0, 0.1) is 0 Å². The predicted molar refractivity (Wildman–Crippen MR) is 96.3 cm³/mol. The number of fused-ring (bicyclic) bond motifs is 1. The zero-order valence-electron chi connectivity index (χ0n) is 13.2. The minimum atomic E-state index is -0.377. The van der Waals surface area contributed by atoms with Gasteiger partial charge in [0.25, 0.3) is 0 Å². The van der Waals surface area contributed by atoms with E-state index in [0.29, 0.717) is 28.0 Å². The molecule has 0 amide bonds. The molecule has 0 fully saturated rings. The van der Waals surface area contributed by atoms with Gasteiger partial charge in [-0.05, 0) is 43.3 Å². The van der Waals surface area contributed by atoms with Gasteiger partial charge in [-0.3, -0.25) is 0 Å². The topological polar surface area (TPSA) is 51.3 Å². The van der Waals surface area contributed by atoms with Crippen molar-refractivity contribution in [2.45, 2.75) is 6.92 Å². The summed E-state index contributed by atoms with van der Waals surface area (Å²) in [6.07, 6.45) is 0. The first-order chi connectivity index (χ1) is 11.5. The van der Waals surface area contributed by atoms with E-state index in [1.54, 1.807) is 38.3 Å². The van der Waals surface area contributed by atoms with Gasteiger partial charge in [0.1, 0.15) is 5.75 Å². The molecule has 1 aromatic heterocycles. The summed E-state index contributed by atoms with van der Waals surface area (Å²) >= 11 is 12.1. The first-order valence-corrected chi connectivity index (χ1v) is 8.12. The number of nitrogens with one attached hydrogen (secondary N) is 1. The number of aromatic nitrogens is 1. The first-order valence-electron chi connectivity index (χ1n) is 7.36. The molecule has 0 radical (unpaired) electrons. The zero-order chi connectivity index (χ0) is 17.3. The van der Waals surface area contributed by atoms with E-state index < -0.39 is 0 Å². The van der Waals surface area contributed by atoms with Crippen LogP contribution in [-0.2, 0) is 4.74 Å². The Balaban J connectivity index is 2.07. The van der Waals surface area contributed by atoms with Crippen molar-refractivity contribution < 1.29 is 14.3 Å². The molecule has 0 saturated heterocycles. The largest absolute Gasteiger partial charge is 0.496 e. The molecule has 0 unspecified atom stereocenters. The molecule has 0 spiro atoms. The van der Waals surface area contributed by atoms with E-state index >= 15 is 0 Å². The van der Waals surface area contributed by atoms with Gasteiger partial charge in [0.15, 0.2) is 0 Å². The number of hydrogen-bond donors (Lipinski definition) is 1. The van der Waals surface area contributed by atoms with E-state index in [4.69, 9.17) is 32.7 Å². The van der Waals surface area contributed by atoms with E-state index in [2.05, 4.69) is 4.98 Å². The van der Waals surface area contributed by atoms with Gasteiger partial charge in [-0.25, -0.2) is 4.79 Å². The number of ether oxygens (including phenoxy) is 2. The van der Waals surface area contributed by atoms with Gasteiger partial charge in [-0.15, -0.1) is 0 Å². The van der Waals surface area contributed by atoms with E-state index in [9.17, 15) is 4.79 Å². The molecule has 4 nitrogen and oxygen atoms in total. The lowest BCUT2D eigenvalue weighted by atomic mass is 10.1. The number of esters is 1. The minimum absolute atomic E-state index is 0.326. The van der Waals surface area contributed by atoms with Gasteiger partial charge in [0, 0.05) is 16.5 Å². The van der Waals surface area contributed by atoms with Gasteiger partial charge < -0.3 is 14.5 Å². The number of carbonyl (C=O) groups excluding carboxylic acids is 1. The monoisotopic (exact) mass is 363 g/mol. The van der Waals surface area contributed by atoms with Crippen LogP contribution in [0.25, 0.3) is 22.2 Å². The Hall–Kier alpha value is -2.17. The second kappa shape index (κ2) is 6.75. The van der Waals surface area contributed by atoms with Crippen molar-refractivity contribution in [2.75, 3.05) is 13.7 Å². The SMILES string of the molecule is CCOC(=O)c1ccc(-c2cc3cc(Cl)c(Cl)cc3[nH]2)c(OC)c1. The molecule has 0 aliphatic rings. The Labute approximate surface area is 149 Å². The van der Waals surface area contributed by atoms with E-state index in [-0.39, 0.29) is 5.97 Å². The number of hydrogen-bond acceptors (Lipinski definition) is 3. The maximum Gasteiger partial charge on any atom is 0.338 e. The van der Waals surface area contributed by atoms with Crippen LogP contribution in [0.3, 0.4) is 0 Å². The molecule has 0 bridgehead atoms. The van der Waals surface area contributed by atoms with Crippen molar-refractivity contribution in [3.8, 4) is 17.0 Å². The van der Waals surface area contributed by atoms with Crippen molar-refractivity contribution in [3.05, 3.63) is 52.0 Å². The van der Waals surface area contributed by atoms with Crippen LogP contribution in [0.2, 0.25) is 10.0 Å². The van der Waals surface area contributed by atoms with Crippen LogP contribution >= 0.6 is 23.2 Å². The average Bonchev–Trinajstić information content (AvgIpc) is 2.97. The molecular formula is C18H15Cl2NO3. The smallest absolute Gasteiger partial charge is 0.338 e. The van der Waals surface area contributed by atoms with Crippen molar-refractivity contribution in [1.29, 1.82) is 0 Å². The van der Waals surface area contributed by atoms with Crippen molar-refractivity contribution in [1.82, 2.24) is 4.98 Å². The predicted octanol–water partition coefficient (Wildman–Crippen LogP) is 5.33. The van der Waals surface area contributed by atoms with Gasteiger partial charge in [0.2, 0.25) is 0 Å². The standard InChI is InChI=1S/C18H15Cl2NO3/c1-3-24-18(22)10-4-5-12(17(8-10)23-2)16-7-11-6-13(19)14(20)9-15(11)21-16/h4-9,21H,3H2,1-2H3. The fraction of sp³-hybridized carbons (Fsp3) is 0.167. The number of benzene rings is 2. The number of halogens is 2. The molecular weight excluding hydrogens is 349 g/mol. The number of methoxy groups -OCH3 is 1. The molecule has 24 heavy (non-hydrogen) atoms. The quantitative estimate of drug-likeness (QED) is 0.637. The highest BCUT2D eigenvalue weighted by molar-refractivity contribution is 6.42. The van der Waals surface area contributed by atoms with Gasteiger partial charge in [-0.1, -0.05) is 23.2 Å². The van der Waals surface area contributed by atoms with Crippen molar-refractivity contribution in [3.63, 3.8) is 0 Å². The highest BCUT2D eigenvalue weighted by Gasteiger charge is 2.14. The highest BCUT2D eigenvalue weighted by atomic mass is 35.5. The van der Waals surface area contributed by atoms with Crippen molar-refractivity contribution in [2.24, 2.45) is 0 Å². The highest BCUT2D eigenvalue weighted by Crippen LogP contribution is 2.35. The third kappa shape index (κ3) is 3.07. The molecule has 0 saturated carbocycles. The van der Waals surface area contributed by atoms with Crippen LogP contribution in [0.5, 0.6) is 5.75 Å². The van der Waals surface area contributed by atoms with E-state index in [1.807, 2.05) is 12.1 Å². The summed E-state index contributed by atoms with van der Waals surface area (Å²) < 4.78 is 10.4. The Bertz CT molecular complexity index is 879. The average molecular weight is 364 g/mol. The van der Waals surface area contributed by atoms with E-state index in [0.717, 1.165) is 22.2 Å². The molecule has 124 valence electrons. The van der Waals surface area contributed by atoms with Crippen LogP contribution in [-0.4, -0.2) is 24.7 Å². The molecule has 1 heterocycles. The molecule has 6 heteroatoms. The zero-order valence-corrected chi connectivity index (χ0v) is 14.7. The fourth-order valence-corrected chi connectivity index (χ4v) is 2.86. The van der Waals surface area contributed by atoms with Gasteiger partial charge in [-0.2, -0.15) is 0 Å². The molecule has 0 aliphatic heterocycles. The van der Waals surface area contributed by atoms with E-state index in [1.165, 1.54) is 0 Å². The van der Waals surface area contributed by atoms with Crippen LogP contribution < -0.4 is 4.74 Å². The lowest BCUT2D eigenvalue weighted by molar-refractivity contribution is 0.0526. The van der Waals surface area contributed by atoms with Crippen LogP contribution in [0.1, 0.15) is 17.3 Å². The fourth-order valence-electron chi connectivity index (χ4n) is 2.53. The Morgan fingerprint density at radius 3 is 2.58 bits per heavy atom. The Morgan fingerprint density at radius 1 is 1.12 bits per heavy atom. The molecule has 3 rings (SSSR count). The summed E-state index contributed by atoms with van der Waals surface area (Å²) in [6, 6.07) is 10.7. The Kier molecular flexibility index (Phi) is 4.69. The number of rotatable bonds is 4. The van der Waals surface area contributed by atoms with Gasteiger partial charge in [0.05, 0.1) is 35.0 Å². The molecule has 0 atom stereocenters. The molecule has 1 N–H and O–H groups in total. The maximum atomic E-state index is 11.9. The second-order valence-corrected chi connectivity index (χ2v) is 5.99. The third-order valence-electron chi connectivity index (χ3n) is 3.66. The summed E-state index contributed by atoms with van der Waals surface area (Å²) in [5, 5.41) is 1.93. The normalized spacial score (nSPS) is 10.8. The number of carbonyl (C=O) groups is 1. The van der Waals surface area contributed by atoms with Crippen LogP contribution in [0.4, 0.5) is 0 Å². The maximum absolute atomic E-state index is 11.9. The third-order valence-corrected chi connectivity index (χ3v) is 4.39. The summed E-state index contributed by atoms with van der Waals surface area (Å²) in [5.74, 6) is 0.196. The Morgan fingerprint density at radius 2 is 1.88 bits per heavy atom. The first kappa shape index (κ1) is 16.7. The number of H-pyrrole nitrogens is 1. The summed E-state index contributed by atoms with van der Waals surface area (Å²) in [4.78, 5) is 15.2.